The second-order valence-corrected chi connectivity index (χ2v) is 10.6. The molecule has 1 aliphatic carbocycles. The maximum Gasteiger partial charge on any atom is 0.471 e. The molecule has 0 unspecified atom stereocenters. The molecule has 1 saturated carbocycles. The molecule has 0 radical (unpaired) electrons. The predicted octanol–water partition coefficient (Wildman–Crippen LogP) is 4.88. The van der Waals surface area contributed by atoms with Crippen molar-refractivity contribution in [2.45, 2.75) is 41.5 Å². The third-order valence-electron chi connectivity index (χ3n) is 6.88. The average Bonchev–Trinajstić information content (AvgIpc) is 3.42. The number of aryl methyl sites for hydroxylation is 1. The maximum atomic E-state index is 12.6. The SMILES string of the molecule is CNc1ncnc2c1ccn2[C@@H]1C[C@H](CCc2ccc3ccc(NC(=O)C(F)(F)F)nc3c2)[C@@H](I)[C@H]1O. The summed E-state index contributed by atoms with van der Waals surface area (Å²) in [6, 6.07) is 10.5. The molecule has 8 nitrogen and oxygen atoms in total. The Balaban J connectivity index is 1.30. The number of aromatic nitrogens is 4. The lowest BCUT2D eigenvalue weighted by Gasteiger charge is -2.19. The lowest BCUT2D eigenvalue weighted by atomic mass is 9.97. The van der Waals surface area contributed by atoms with Gasteiger partial charge in [0.25, 0.3) is 0 Å². The van der Waals surface area contributed by atoms with Crippen molar-refractivity contribution in [1.82, 2.24) is 19.5 Å². The maximum absolute atomic E-state index is 12.6. The van der Waals surface area contributed by atoms with Crippen LogP contribution in [0.1, 0.15) is 24.4 Å². The lowest BCUT2D eigenvalue weighted by Crippen LogP contribution is -2.30. The summed E-state index contributed by atoms with van der Waals surface area (Å²) >= 11 is 2.32. The molecule has 1 aliphatic rings. The fourth-order valence-corrected chi connectivity index (χ4v) is 6.12. The monoisotopic (exact) mass is 624 g/mol. The van der Waals surface area contributed by atoms with E-state index in [9.17, 15) is 23.1 Å². The first-order valence-electron chi connectivity index (χ1n) is 11.7. The van der Waals surface area contributed by atoms with E-state index in [1.807, 2.05) is 42.1 Å². The van der Waals surface area contributed by atoms with Crippen LogP contribution in [0.2, 0.25) is 0 Å². The van der Waals surface area contributed by atoms with Crippen LogP contribution < -0.4 is 10.6 Å². The Morgan fingerprint density at radius 3 is 2.76 bits per heavy atom. The fourth-order valence-electron chi connectivity index (χ4n) is 4.99. The second-order valence-electron chi connectivity index (χ2n) is 9.14. The van der Waals surface area contributed by atoms with Crippen LogP contribution in [-0.4, -0.2) is 53.8 Å². The second kappa shape index (κ2) is 10.0. The molecule has 1 aromatic carbocycles. The number of amides is 1. The molecule has 37 heavy (non-hydrogen) atoms. The van der Waals surface area contributed by atoms with Crippen LogP contribution in [0.5, 0.6) is 0 Å². The minimum atomic E-state index is -4.98. The Bertz CT molecular complexity index is 1460. The molecular formula is C25H24F3IN6O2. The van der Waals surface area contributed by atoms with Crippen LogP contribution in [0.25, 0.3) is 21.9 Å². The van der Waals surface area contributed by atoms with Crippen LogP contribution >= 0.6 is 22.6 Å². The zero-order chi connectivity index (χ0) is 26.3. The first kappa shape index (κ1) is 25.6. The molecule has 1 fully saturated rings. The molecule has 0 spiro atoms. The van der Waals surface area contributed by atoms with Gasteiger partial charge in [-0.15, -0.1) is 0 Å². The highest BCUT2D eigenvalue weighted by atomic mass is 127. The van der Waals surface area contributed by atoms with E-state index < -0.39 is 18.2 Å². The summed E-state index contributed by atoms with van der Waals surface area (Å²) in [6.45, 7) is 0. The van der Waals surface area contributed by atoms with Gasteiger partial charge in [-0.1, -0.05) is 34.7 Å². The van der Waals surface area contributed by atoms with Gasteiger partial charge in [-0.05, 0) is 55.0 Å². The van der Waals surface area contributed by atoms with Gasteiger partial charge in [0, 0.05) is 22.6 Å². The largest absolute Gasteiger partial charge is 0.471 e. The van der Waals surface area contributed by atoms with Gasteiger partial charge in [0.15, 0.2) is 0 Å². The highest BCUT2D eigenvalue weighted by Gasteiger charge is 2.42. The van der Waals surface area contributed by atoms with E-state index >= 15 is 0 Å². The zero-order valence-electron chi connectivity index (χ0n) is 19.7. The summed E-state index contributed by atoms with van der Waals surface area (Å²) in [6.07, 6.45) is 0.283. The summed E-state index contributed by atoms with van der Waals surface area (Å²) in [7, 11) is 1.81. The summed E-state index contributed by atoms with van der Waals surface area (Å²) in [5, 5.41) is 17.6. The third-order valence-corrected chi connectivity index (χ3v) is 8.63. The fraction of sp³-hybridized carbons (Fsp3) is 0.360. The van der Waals surface area contributed by atoms with Crippen molar-refractivity contribution in [3.63, 3.8) is 0 Å². The number of benzene rings is 1. The van der Waals surface area contributed by atoms with Crippen molar-refractivity contribution in [3.8, 4) is 0 Å². The number of aliphatic hydroxyl groups excluding tert-OH is 1. The first-order chi connectivity index (χ1) is 17.7. The molecule has 4 atom stereocenters. The van der Waals surface area contributed by atoms with Crippen molar-refractivity contribution in [2.75, 3.05) is 17.7 Å². The molecule has 12 heteroatoms. The molecule has 0 aliphatic heterocycles. The van der Waals surface area contributed by atoms with Gasteiger partial charge < -0.3 is 20.3 Å². The number of carbonyl (C=O) groups excluding carboxylic acids is 1. The molecular weight excluding hydrogens is 600 g/mol. The number of halogens is 4. The van der Waals surface area contributed by atoms with Gasteiger partial charge in [0.1, 0.15) is 23.6 Å². The highest BCUT2D eigenvalue weighted by molar-refractivity contribution is 14.1. The number of nitrogens with zero attached hydrogens (tertiary/aromatic N) is 4. The molecule has 3 heterocycles. The van der Waals surface area contributed by atoms with Crippen LogP contribution in [0, 0.1) is 5.92 Å². The number of carbonyl (C=O) groups is 1. The summed E-state index contributed by atoms with van der Waals surface area (Å²) in [5.74, 6) is -1.21. The van der Waals surface area contributed by atoms with Gasteiger partial charge in [0.05, 0.1) is 23.0 Å². The number of alkyl halides is 4. The quantitative estimate of drug-likeness (QED) is 0.209. The standard InChI is InChI=1S/C25H24F3IN6O2/c1-30-22-16-8-9-35(23(16)32-12-31-22)18-11-15(20(29)21(18)36)5-3-13-2-4-14-6-7-19(33-17(14)10-13)34-24(37)25(26,27)28/h2,4,6-10,12,15,18,20-21,36H,3,5,11H2,1H3,(H,30,31,32)(H,33,34,37)/t15-,18+,20+,21-/m0/s1. The molecule has 4 aromatic rings. The van der Waals surface area contributed by atoms with E-state index in [4.69, 9.17) is 0 Å². The van der Waals surface area contributed by atoms with Crippen LogP contribution in [0.3, 0.4) is 0 Å². The van der Waals surface area contributed by atoms with Crippen molar-refractivity contribution in [1.29, 1.82) is 0 Å². The van der Waals surface area contributed by atoms with E-state index in [2.05, 4.69) is 42.9 Å². The normalized spacial score (nSPS) is 22.0. The molecule has 3 N–H and O–H groups in total. The van der Waals surface area contributed by atoms with Gasteiger partial charge in [-0.25, -0.2) is 15.0 Å². The zero-order valence-corrected chi connectivity index (χ0v) is 21.9. The Hall–Kier alpha value is -3.00. The van der Waals surface area contributed by atoms with Crippen LogP contribution in [-0.2, 0) is 11.2 Å². The topological polar surface area (TPSA) is 105 Å². The van der Waals surface area contributed by atoms with E-state index in [0.29, 0.717) is 5.52 Å². The third kappa shape index (κ3) is 5.08. The number of fused-ring (bicyclic) bond motifs is 2. The van der Waals surface area contributed by atoms with E-state index in [1.54, 1.807) is 11.4 Å². The van der Waals surface area contributed by atoms with Gasteiger partial charge in [-0.3, -0.25) is 4.79 Å². The van der Waals surface area contributed by atoms with Gasteiger partial charge in [-0.2, -0.15) is 13.2 Å². The smallest absolute Gasteiger partial charge is 0.390 e. The lowest BCUT2D eigenvalue weighted by molar-refractivity contribution is -0.167. The highest BCUT2D eigenvalue weighted by Crippen LogP contribution is 2.43. The Morgan fingerprint density at radius 1 is 1.22 bits per heavy atom. The first-order valence-corrected chi connectivity index (χ1v) is 13.0. The molecule has 194 valence electrons. The molecule has 3 aromatic heterocycles. The summed E-state index contributed by atoms with van der Waals surface area (Å²) < 4.78 is 39.8. The van der Waals surface area contributed by atoms with E-state index in [0.717, 1.165) is 47.1 Å². The number of anilines is 2. The van der Waals surface area contributed by atoms with Gasteiger partial charge in [0.2, 0.25) is 0 Å². The Labute approximate surface area is 223 Å². The number of pyridine rings is 1. The van der Waals surface area contributed by atoms with E-state index in [1.165, 1.54) is 12.4 Å². The summed E-state index contributed by atoms with van der Waals surface area (Å²) in [4.78, 5) is 24.1. The van der Waals surface area contributed by atoms with Gasteiger partial charge >= 0.3 is 12.1 Å². The Kier molecular flexibility index (Phi) is 6.96. The Morgan fingerprint density at radius 2 is 2.00 bits per heavy atom. The molecule has 0 bridgehead atoms. The van der Waals surface area contributed by atoms with E-state index in [-0.39, 0.29) is 21.7 Å². The minimum absolute atomic E-state index is 0.0495. The number of aliphatic hydroxyl groups is 1. The number of hydrogen-bond donors (Lipinski definition) is 3. The van der Waals surface area contributed by atoms with Crippen LogP contribution in [0.4, 0.5) is 24.8 Å². The molecule has 1 amide bonds. The predicted molar refractivity (Wildman–Crippen MR) is 143 cm³/mol. The van der Waals surface area contributed by atoms with Crippen molar-refractivity contribution in [3.05, 3.63) is 54.5 Å². The molecule has 5 rings (SSSR count). The average molecular weight is 624 g/mol. The number of rotatable bonds is 6. The van der Waals surface area contributed by atoms with Crippen molar-refractivity contribution in [2.24, 2.45) is 5.92 Å². The minimum Gasteiger partial charge on any atom is -0.390 e. The number of nitrogens with one attached hydrogen (secondary N) is 2. The molecule has 0 saturated heterocycles. The number of hydrogen-bond acceptors (Lipinski definition) is 6. The van der Waals surface area contributed by atoms with Crippen molar-refractivity contribution < 1.29 is 23.1 Å². The van der Waals surface area contributed by atoms with Crippen molar-refractivity contribution >= 4 is 62.1 Å². The summed E-state index contributed by atoms with van der Waals surface area (Å²) in [5.41, 5.74) is 2.27. The van der Waals surface area contributed by atoms with Crippen LogP contribution in [0.15, 0.2) is 48.9 Å².